The average molecular weight is 149 g/mol. The van der Waals surface area contributed by atoms with Gasteiger partial charge in [-0.1, -0.05) is 11.6 Å². The van der Waals surface area contributed by atoms with Crippen molar-refractivity contribution < 1.29 is 8.78 Å². The minimum atomic E-state index is -1.77. The molecule has 0 amide bonds. The Balaban J connectivity index is 3.14. The van der Waals surface area contributed by atoms with Crippen LogP contribution in [-0.4, -0.2) is 17.7 Å². The molecule has 0 heterocycles. The summed E-state index contributed by atoms with van der Waals surface area (Å²) in [5.74, 6) is 0. The lowest BCUT2D eigenvalue weighted by Gasteiger charge is -1.99. The van der Waals surface area contributed by atoms with Crippen LogP contribution in [0.15, 0.2) is 0 Å². The molecule has 44 valence electrons. The molecule has 0 fully saturated rings. The third-order valence-electron chi connectivity index (χ3n) is 0.421. The second-order valence-corrected chi connectivity index (χ2v) is 1.98. The van der Waals surface area contributed by atoms with Crippen molar-refractivity contribution in [3.05, 3.63) is 0 Å². The van der Waals surface area contributed by atoms with Crippen molar-refractivity contribution in [3.63, 3.8) is 0 Å². The van der Waals surface area contributed by atoms with E-state index in [0.717, 1.165) is 0 Å². The minimum absolute atomic E-state index is 0.924. The third-order valence-corrected chi connectivity index (χ3v) is 1.19. The van der Waals surface area contributed by atoms with Crippen molar-refractivity contribution in [2.45, 2.75) is 11.0 Å². The smallest absolute Gasteiger partial charge is 0.192 e. The summed E-state index contributed by atoms with van der Waals surface area (Å²) in [5.41, 5.74) is -1.77. The van der Waals surface area contributed by atoms with E-state index in [1.165, 1.54) is 0 Å². The summed E-state index contributed by atoms with van der Waals surface area (Å²) in [4.78, 5) is 0. The molecule has 0 bridgehead atoms. The highest BCUT2D eigenvalue weighted by Crippen LogP contribution is 2.10. The van der Waals surface area contributed by atoms with E-state index in [0.29, 0.717) is 0 Å². The van der Waals surface area contributed by atoms with Crippen LogP contribution >= 0.6 is 23.2 Å². The molecule has 0 saturated heterocycles. The number of alkyl halides is 4. The minimum Gasteiger partial charge on any atom is -0.249 e. The first-order chi connectivity index (χ1) is 3.18. The van der Waals surface area contributed by atoms with Gasteiger partial charge in [0.05, 0.1) is 0 Å². The molecule has 0 aromatic carbocycles. The van der Waals surface area contributed by atoms with Crippen LogP contribution in [0.5, 0.6) is 0 Å². The Kier molecular flexibility index (Phi) is 3.66. The number of hydrogen-bond acceptors (Lipinski definition) is 0. The molecule has 2 unspecified atom stereocenters. The Hall–Kier alpha value is 0.440. The largest absolute Gasteiger partial charge is 0.249 e. The van der Waals surface area contributed by atoms with Gasteiger partial charge in [0.1, 0.15) is 12.1 Å². The quantitative estimate of drug-likeness (QED) is 0.527. The summed E-state index contributed by atoms with van der Waals surface area (Å²) in [5, 5.41) is -1.19. The summed E-state index contributed by atoms with van der Waals surface area (Å²) >= 11 is 9.61. The molecule has 0 aromatic heterocycles. The van der Waals surface area contributed by atoms with Crippen molar-refractivity contribution >= 4 is 23.2 Å². The van der Waals surface area contributed by atoms with Crippen LogP contribution in [0, 0.1) is 0 Å². The van der Waals surface area contributed by atoms with Gasteiger partial charge in [-0.3, -0.25) is 0 Å². The summed E-state index contributed by atoms with van der Waals surface area (Å²) in [7, 11) is 0. The Bertz CT molecular complexity index is 48.2. The van der Waals surface area contributed by atoms with Crippen LogP contribution in [0.1, 0.15) is 0 Å². The third kappa shape index (κ3) is 3.06. The van der Waals surface area contributed by atoms with Crippen molar-refractivity contribution in [2.75, 3.05) is 6.67 Å². The molecular formula is C3H4Cl2F2. The maximum Gasteiger partial charge on any atom is 0.192 e. The standard InChI is InChI=1S/C3H4Cl2F2/c4-2(1-6)3(5)7/h2-3H,1H2. The lowest BCUT2D eigenvalue weighted by molar-refractivity contribution is 0.370. The molecule has 0 rings (SSSR count). The van der Waals surface area contributed by atoms with Gasteiger partial charge in [0.15, 0.2) is 5.63 Å². The van der Waals surface area contributed by atoms with E-state index in [1.54, 1.807) is 0 Å². The zero-order chi connectivity index (χ0) is 5.86. The average Bonchev–Trinajstić information content (AvgIpc) is 1.65. The Labute approximate surface area is 50.4 Å². The van der Waals surface area contributed by atoms with Crippen LogP contribution in [0.3, 0.4) is 0 Å². The molecule has 0 aliphatic heterocycles. The molecule has 0 aliphatic carbocycles. The monoisotopic (exact) mass is 148 g/mol. The van der Waals surface area contributed by atoms with E-state index in [9.17, 15) is 8.78 Å². The molecule has 0 aliphatic rings. The van der Waals surface area contributed by atoms with Crippen molar-refractivity contribution in [2.24, 2.45) is 0 Å². The summed E-state index contributed by atoms with van der Waals surface area (Å²) in [6.07, 6.45) is 0. The van der Waals surface area contributed by atoms with E-state index in [-0.39, 0.29) is 0 Å². The zero-order valence-electron chi connectivity index (χ0n) is 3.37. The predicted octanol–water partition coefficient (Wildman–Crippen LogP) is 2.10. The van der Waals surface area contributed by atoms with Gasteiger partial charge in [0.25, 0.3) is 0 Å². The second-order valence-electron chi connectivity index (χ2n) is 1.00. The van der Waals surface area contributed by atoms with Gasteiger partial charge in [-0.2, -0.15) is 0 Å². The van der Waals surface area contributed by atoms with E-state index < -0.39 is 17.7 Å². The first-order valence-corrected chi connectivity index (χ1v) is 2.54. The van der Waals surface area contributed by atoms with Crippen molar-refractivity contribution in [1.29, 1.82) is 0 Å². The number of rotatable bonds is 2. The van der Waals surface area contributed by atoms with Gasteiger partial charge in [-0.05, 0) is 0 Å². The van der Waals surface area contributed by atoms with Gasteiger partial charge in [-0.15, -0.1) is 11.6 Å². The summed E-state index contributed by atoms with van der Waals surface area (Å²) in [6, 6.07) is 0. The number of halogens is 4. The lowest BCUT2D eigenvalue weighted by atomic mass is 10.5. The lowest BCUT2D eigenvalue weighted by Crippen LogP contribution is -2.10. The van der Waals surface area contributed by atoms with Gasteiger partial charge < -0.3 is 0 Å². The van der Waals surface area contributed by atoms with Crippen molar-refractivity contribution in [1.82, 2.24) is 0 Å². The van der Waals surface area contributed by atoms with Crippen LogP contribution in [0.25, 0.3) is 0 Å². The summed E-state index contributed by atoms with van der Waals surface area (Å²) < 4.78 is 22.7. The molecule has 0 N–H and O–H groups in total. The predicted molar refractivity (Wildman–Crippen MR) is 26.4 cm³/mol. The van der Waals surface area contributed by atoms with Crippen LogP contribution in [-0.2, 0) is 0 Å². The molecular weight excluding hydrogens is 145 g/mol. The fourth-order valence-electron chi connectivity index (χ4n) is 0.0673. The maximum atomic E-state index is 11.5. The molecule has 0 spiro atoms. The normalized spacial score (nSPS) is 18.9. The van der Waals surface area contributed by atoms with Crippen molar-refractivity contribution in [3.8, 4) is 0 Å². The fourth-order valence-corrected chi connectivity index (χ4v) is 0.135. The molecule has 0 aromatic rings. The molecule has 0 saturated carbocycles. The SMILES string of the molecule is FCC(Cl)C(F)Cl. The van der Waals surface area contributed by atoms with E-state index in [1.807, 2.05) is 0 Å². The molecule has 0 nitrogen and oxygen atoms in total. The van der Waals surface area contributed by atoms with E-state index in [2.05, 4.69) is 11.6 Å². The first-order valence-electron chi connectivity index (χ1n) is 1.66. The molecule has 0 radical (unpaired) electrons. The zero-order valence-corrected chi connectivity index (χ0v) is 4.89. The Morgan fingerprint density at radius 3 is 1.86 bits per heavy atom. The highest BCUT2D eigenvalue weighted by Gasteiger charge is 2.13. The molecule has 7 heavy (non-hydrogen) atoms. The van der Waals surface area contributed by atoms with Gasteiger partial charge in [0, 0.05) is 0 Å². The summed E-state index contributed by atoms with van der Waals surface area (Å²) in [6.45, 7) is -0.924. The van der Waals surface area contributed by atoms with E-state index in [4.69, 9.17) is 11.6 Å². The van der Waals surface area contributed by atoms with Gasteiger partial charge >= 0.3 is 0 Å². The Morgan fingerprint density at radius 1 is 1.43 bits per heavy atom. The van der Waals surface area contributed by atoms with Crippen LogP contribution in [0.2, 0.25) is 0 Å². The van der Waals surface area contributed by atoms with Crippen LogP contribution < -0.4 is 0 Å². The first kappa shape index (κ1) is 7.44. The van der Waals surface area contributed by atoms with Gasteiger partial charge in [0.2, 0.25) is 0 Å². The van der Waals surface area contributed by atoms with E-state index >= 15 is 0 Å². The molecule has 2 atom stereocenters. The van der Waals surface area contributed by atoms with Crippen LogP contribution in [0.4, 0.5) is 8.78 Å². The molecule has 4 heteroatoms. The fraction of sp³-hybridized carbons (Fsp3) is 1.00. The highest BCUT2D eigenvalue weighted by atomic mass is 35.5. The number of hydrogen-bond donors (Lipinski definition) is 0. The van der Waals surface area contributed by atoms with Gasteiger partial charge in [-0.25, -0.2) is 8.78 Å². The Morgan fingerprint density at radius 2 is 1.86 bits per heavy atom. The highest BCUT2D eigenvalue weighted by molar-refractivity contribution is 6.29. The maximum absolute atomic E-state index is 11.5. The topological polar surface area (TPSA) is 0 Å². The second kappa shape index (κ2) is 3.44.